The van der Waals surface area contributed by atoms with E-state index < -0.39 is 11.7 Å². The minimum atomic E-state index is -0.429. The van der Waals surface area contributed by atoms with Gasteiger partial charge in [0.1, 0.15) is 18.1 Å². The molecule has 0 saturated carbocycles. The standard InChI is InChI=1S/C16H13FN2O2/c1-11-7-13(17)9-14(8-11)19-16(21)15-5-4-12(10-18-15)3-2-6-20/h4-5,7-10,20H,6H2,1H3,(H,19,21). The van der Waals surface area contributed by atoms with Crippen LogP contribution in [0, 0.1) is 24.6 Å². The zero-order valence-electron chi connectivity index (χ0n) is 11.4. The van der Waals surface area contributed by atoms with E-state index in [0.29, 0.717) is 16.8 Å². The van der Waals surface area contributed by atoms with E-state index in [1.165, 1.54) is 24.4 Å². The van der Waals surface area contributed by atoms with E-state index in [9.17, 15) is 9.18 Å². The van der Waals surface area contributed by atoms with Crippen molar-refractivity contribution >= 4 is 11.6 Å². The third-order valence-electron chi connectivity index (χ3n) is 2.61. The Labute approximate surface area is 121 Å². The first-order valence-corrected chi connectivity index (χ1v) is 6.23. The molecule has 0 atom stereocenters. The van der Waals surface area contributed by atoms with Crippen LogP contribution in [0.5, 0.6) is 0 Å². The molecule has 0 aliphatic heterocycles. The van der Waals surface area contributed by atoms with Crippen LogP contribution in [-0.2, 0) is 0 Å². The summed E-state index contributed by atoms with van der Waals surface area (Å²) in [7, 11) is 0. The molecule has 4 nitrogen and oxygen atoms in total. The Morgan fingerprint density at radius 2 is 2.19 bits per heavy atom. The minimum Gasteiger partial charge on any atom is -0.384 e. The zero-order valence-corrected chi connectivity index (χ0v) is 11.4. The molecule has 1 heterocycles. The summed E-state index contributed by atoms with van der Waals surface area (Å²) in [6, 6.07) is 7.43. The molecule has 0 aliphatic carbocycles. The number of pyridine rings is 1. The highest BCUT2D eigenvalue weighted by Gasteiger charge is 2.08. The van der Waals surface area contributed by atoms with Crippen LogP contribution in [0.1, 0.15) is 21.6 Å². The summed E-state index contributed by atoms with van der Waals surface area (Å²) in [6.45, 7) is 1.51. The monoisotopic (exact) mass is 284 g/mol. The number of benzene rings is 1. The smallest absolute Gasteiger partial charge is 0.274 e. The molecule has 21 heavy (non-hydrogen) atoms. The summed E-state index contributed by atoms with van der Waals surface area (Å²) in [5.41, 5.74) is 1.89. The maximum Gasteiger partial charge on any atom is 0.274 e. The Hall–Kier alpha value is -2.71. The molecule has 2 N–H and O–H groups in total. The molecule has 5 heteroatoms. The van der Waals surface area contributed by atoms with Gasteiger partial charge in [-0.3, -0.25) is 4.79 Å². The summed E-state index contributed by atoms with van der Waals surface area (Å²) >= 11 is 0. The van der Waals surface area contributed by atoms with Crippen LogP contribution in [0.4, 0.5) is 10.1 Å². The molecular formula is C16H13FN2O2. The van der Waals surface area contributed by atoms with Crippen molar-refractivity contribution in [1.29, 1.82) is 0 Å². The van der Waals surface area contributed by atoms with Crippen molar-refractivity contribution in [2.75, 3.05) is 11.9 Å². The van der Waals surface area contributed by atoms with Crippen LogP contribution >= 0.6 is 0 Å². The molecule has 0 radical (unpaired) electrons. The second-order valence-corrected chi connectivity index (χ2v) is 4.36. The molecule has 1 aromatic carbocycles. The van der Waals surface area contributed by atoms with Crippen LogP contribution in [-0.4, -0.2) is 22.6 Å². The second kappa shape index (κ2) is 6.64. The van der Waals surface area contributed by atoms with Gasteiger partial charge in [-0.05, 0) is 42.8 Å². The number of hydrogen-bond donors (Lipinski definition) is 2. The molecule has 0 bridgehead atoms. The van der Waals surface area contributed by atoms with Crippen molar-refractivity contribution in [3.8, 4) is 11.8 Å². The molecule has 1 aromatic heterocycles. The van der Waals surface area contributed by atoms with Crippen molar-refractivity contribution in [2.24, 2.45) is 0 Å². The van der Waals surface area contributed by atoms with Gasteiger partial charge < -0.3 is 10.4 Å². The summed E-state index contributed by atoms with van der Waals surface area (Å²) in [5, 5.41) is 11.2. The summed E-state index contributed by atoms with van der Waals surface area (Å²) in [4.78, 5) is 16.0. The van der Waals surface area contributed by atoms with Gasteiger partial charge in [-0.25, -0.2) is 9.37 Å². The average Bonchev–Trinajstić information content (AvgIpc) is 2.44. The molecule has 0 aliphatic rings. The van der Waals surface area contributed by atoms with E-state index in [-0.39, 0.29) is 12.3 Å². The number of nitrogens with one attached hydrogen (secondary N) is 1. The highest BCUT2D eigenvalue weighted by molar-refractivity contribution is 6.02. The van der Waals surface area contributed by atoms with Crippen molar-refractivity contribution < 1.29 is 14.3 Å². The Morgan fingerprint density at radius 1 is 1.38 bits per heavy atom. The van der Waals surface area contributed by atoms with Gasteiger partial charge in [-0.1, -0.05) is 11.8 Å². The number of carbonyl (C=O) groups excluding carboxylic acids is 1. The largest absolute Gasteiger partial charge is 0.384 e. The maximum absolute atomic E-state index is 13.2. The fraction of sp³-hybridized carbons (Fsp3) is 0.125. The summed E-state index contributed by atoms with van der Waals surface area (Å²) in [5.74, 6) is 4.33. The van der Waals surface area contributed by atoms with Crippen LogP contribution in [0.25, 0.3) is 0 Å². The van der Waals surface area contributed by atoms with Gasteiger partial charge in [0.25, 0.3) is 5.91 Å². The summed E-state index contributed by atoms with van der Waals surface area (Å²) in [6.07, 6.45) is 1.44. The highest BCUT2D eigenvalue weighted by Crippen LogP contribution is 2.14. The molecule has 0 unspecified atom stereocenters. The molecular weight excluding hydrogens is 271 g/mol. The Bertz CT molecular complexity index is 695. The number of rotatable bonds is 2. The van der Waals surface area contributed by atoms with Crippen molar-refractivity contribution in [2.45, 2.75) is 6.92 Å². The number of carbonyl (C=O) groups is 1. The number of anilines is 1. The molecule has 2 rings (SSSR count). The van der Waals surface area contributed by atoms with E-state index in [2.05, 4.69) is 22.1 Å². The number of amides is 1. The highest BCUT2D eigenvalue weighted by atomic mass is 19.1. The maximum atomic E-state index is 13.2. The van der Waals surface area contributed by atoms with E-state index >= 15 is 0 Å². The van der Waals surface area contributed by atoms with Crippen molar-refractivity contribution in [1.82, 2.24) is 4.98 Å². The van der Waals surface area contributed by atoms with Crippen molar-refractivity contribution in [3.05, 3.63) is 59.2 Å². The minimum absolute atomic E-state index is 0.200. The number of hydrogen-bond acceptors (Lipinski definition) is 3. The van der Waals surface area contributed by atoms with Gasteiger partial charge in [0.05, 0.1) is 0 Å². The zero-order chi connectivity index (χ0) is 15.2. The number of halogens is 1. The summed E-state index contributed by atoms with van der Waals surface area (Å²) < 4.78 is 13.2. The number of aliphatic hydroxyl groups is 1. The third kappa shape index (κ3) is 4.13. The van der Waals surface area contributed by atoms with Crippen LogP contribution in [0.2, 0.25) is 0 Å². The van der Waals surface area contributed by atoms with Gasteiger partial charge in [-0.15, -0.1) is 0 Å². The molecule has 106 valence electrons. The van der Waals surface area contributed by atoms with E-state index in [4.69, 9.17) is 5.11 Å². The van der Waals surface area contributed by atoms with Gasteiger partial charge >= 0.3 is 0 Å². The third-order valence-corrected chi connectivity index (χ3v) is 2.61. The van der Waals surface area contributed by atoms with E-state index in [0.717, 1.165) is 0 Å². The van der Waals surface area contributed by atoms with Crippen molar-refractivity contribution in [3.63, 3.8) is 0 Å². The normalized spacial score (nSPS) is 9.67. The predicted molar refractivity (Wildman–Crippen MR) is 77.3 cm³/mol. The number of nitrogens with zero attached hydrogens (tertiary/aromatic N) is 1. The lowest BCUT2D eigenvalue weighted by molar-refractivity contribution is 0.102. The van der Waals surface area contributed by atoms with Gasteiger partial charge in [0.15, 0.2) is 0 Å². The Kier molecular flexibility index (Phi) is 4.64. The molecule has 0 fully saturated rings. The molecule has 0 spiro atoms. The predicted octanol–water partition coefficient (Wildman–Crippen LogP) is 2.13. The lowest BCUT2D eigenvalue weighted by Gasteiger charge is -2.06. The Morgan fingerprint density at radius 3 is 2.81 bits per heavy atom. The molecule has 2 aromatic rings. The van der Waals surface area contributed by atoms with Gasteiger partial charge in [-0.2, -0.15) is 0 Å². The van der Waals surface area contributed by atoms with E-state index in [1.807, 2.05) is 0 Å². The van der Waals surface area contributed by atoms with Gasteiger partial charge in [0.2, 0.25) is 0 Å². The lowest BCUT2D eigenvalue weighted by atomic mass is 10.2. The lowest BCUT2D eigenvalue weighted by Crippen LogP contribution is -2.13. The second-order valence-electron chi connectivity index (χ2n) is 4.36. The molecule has 1 amide bonds. The van der Waals surface area contributed by atoms with Crippen LogP contribution in [0.3, 0.4) is 0 Å². The number of aromatic nitrogens is 1. The first-order valence-electron chi connectivity index (χ1n) is 6.23. The first-order chi connectivity index (χ1) is 10.1. The van der Waals surface area contributed by atoms with Gasteiger partial charge in [0, 0.05) is 17.4 Å². The number of aryl methyl sites for hydroxylation is 1. The number of aliphatic hydroxyl groups excluding tert-OH is 1. The Balaban J connectivity index is 2.13. The fourth-order valence-corrected chi connectivity index (χ4v) is 1.75. The van der Waals surface area contributed by atoms with Crippen LogP contribution < -0.4 is 5.32 Å². The average molecular weight is 284 g/mol. The first kappa shape index (κ1) is 14.7. The fourth-order valence-electron chi connectivity index (χ4n) is 1.75. The van der Waals surface area contributed by atoms with Crippen LogP contribution in [0.15, 0.2) is 36.5 Å². The molecule has 0 saturated heterocycles. The van der Waals surface area contributed by atoms with E-state index in [1.54, 1.807) is 19.1 Å². The quantitative estimate of drug-likeness (QED) is 0.830. The SMILES string of the molecule is Cc1cc(F)cc(NC(=O)c2ccc(C#CCO)cn2)c1. The topological polar surface area (TPSA) is 62.2 Å².